The van der Waals surface area contributed by atoms with Gasteiger partial charge in [0.2, 0.25) is 0 Å². The summed E-state index contributed by atoms with van der Waals surface area (Å²) in [7, 11) is 1.27. The number of hydrogen-bond donors (Lipinski definition) is 1. The number of nitrogens with zero attached hydrogens (tertiary/aromatic N) is 1. The summed E-state index contributed by atoms with van der Waals surface area (Å²) in [5.41, 5.74) is -0.0773. The van der Waals surface area contributed by atoms with Crippen LogP contribution in [0.4, 0.5) is 4.39 Å². The van der Waals surface area contributed by atoms with Crippen molar-refractivity contribution in [1.82, 2.24) is 4.90 Å². The molecule has 0 radical (unpaired) electrons. The first-order valence-electron chi connectivity index (χ1n) is 7.20. The summed E-state index contributed by atoms with van der Waals surface area (Å²) < 4.78 is 18.5. The number of halogens is 1. The number of aliphatic hydroxyl groups excluding tert-OH is 1. The zero-order chi connectivity index (χ0) is 16.7. The third-order valence-corrected chi connectivity index (χ3v) is 3.56. The van der Waals surface area contributed by atoms with Gasteiger partial charge in [-0.3, -0.25) is 9.59 Å². The number of carbonyl (C=O) groups is 2. The summed E-state index contributed by atoms with van der Waals surface area (Å²) in [5, 5.41) is 9.47. The maximum absolute atomic E-state index is 13.8. The highest BCUT2D eigenvalue weighted by molar-refractivity contribution is 5.95. The van der Waals surface area contributed by atoms with Crippen LogP contribution >= 0.6 is 0 Å². The molecule has 1 rings (SSSR count). The number of esters is 1. The number of amides is 1. The monoisotopic (exact) mass is 311 g/mol. The Labute approximate surface area is 129 Å². The Bertz CT molecular complexity index is 517. The molecule has 22 heavy (non-hydrogen) atoms. The van der Waals surface area contributed by atoms with Crippen LogP contribution < -0.4 is 0 Å². The fourth-order valence-electron chi connectivity index (χ4n) is 2.21. The average molecular weight is 311 g/mol. The highest BCUT2D eigenvalue weighted by atomic mass is 19.1. The lowest BCUT2D eigenvalue weighted by Gasteiger charge is -2.31. The van der Waals surface area contributed by atoms with Crippen molar-refractivity contribution in [3.05, 3.63) is 35.6 Å². The number of hydrogen-bond acceptors (Lipinski definition) is 4. The van der Waals surface area contributed by atoms with Crippen LogP contribution in [-0.2, 0) is 9.53 Å². The Morgan fingerprint density at radius 1 is 1.36 bits per heavy atom. The second-order valence-corrected chi connectivity index (χ2v) is 5.11. The van der Waals surface area contributed by atoms with Gasteiger partial charge in [-0.1, -0.05) is 26.0 Å². The van der Waals surface area contributed by atoms with Gasteiger partial charge in [0, 0.05) is 6.54 Å². The molecular formula is C16H22FNO4. The van der Waals surface area contributed by atoms with E-state index in [1.165, 1.54) is 30.2 Å². The SMILES string of the molecule is CCC(CO)N(CC(C)C(=O)OC)C(=O)c1ccccc1F. The van der Waals surface area contributed by atoms with Crippen molar-refractivity contribution in [3.8, 4) is 0 Å². The van der Waals surface area contributed by atoms with Gasteiger partial charge in [0.25, 0.3) is 5.91 Å². The Morgan fingerprint density at radius 3 is 2.50 bits per heavy atom. The Balaban J connectivity index is 3.07. The molecule has 1 aromatic carbocycles. The van der Waals surface area contributed by atoms with Gasteiger partial charge in [0.05, 0.1) is 31.2 Å². The minimum absolute atomic E-state index is 0.0545. The van der Waals surface area contributed by atoms with E-state index in [0.717, 1.165) is 0 Å². The van der Waals surface area contributed by atoms with Crippen LogP contribution in [0.2, 0.25) is 0 Å². The largest absolute Gasteiger partial charge is 0.469 e. The molecule has 6 heteroatoms. The first-order valence-corrected chi connectivity index (χ1v) is 7.20. The number of aliphatic hydroxyl groups is 1. The Morgan fingerprint density at radius 2 is 2.00 bits per heavy atom. The molecule has 1 aromatic rings. The fourth-order valence-corrected chi connectivity index (χ4v) is 2.21. The van der Waals surface area contributed by atoms with E-state index in [9.17, 15) is 19.1 Å². The number of methoxy groups -OCH3 is 1. The summed E-state index contributed by atoms with van der Waals surface area (Å²) >= 11 is 0. The topological polar surface area (TPSA) is 66.8 Å². The standard InChI is InChI=1S/C16H22FNO4/c1-4-12(10-19)18(9-11(2)16(21)22-3)15(20)13-7-5-6-8-14(13)17/h5-8,11-12,19H,4,9-10H2,1-3H3. The van der Waals surface area contributed by atoms with Crippen molar-refractivity contribution in [2.75, 3.05) is 20.3 Å². The Kier molecular flexibility index (Phi) is 6.98. The van der Waals surface area contributed by atoms with Crippen LogP contribution in [0.25, 0.3) is 0 Å². The smallest absolute Gasteiger partial charge is 0.310 e. The van der Waals surface area contributed by atoms with E-state index in [-0.39, 0.29) is 18.7 Å². The van der Waals surface area contributed by atoms with E-state index in [0.29, 0.717) is 6.42 Å². The van der Waals surface area contributed by atoms with Crippen molar-refractivity contribution in [3.63, 3.8) is 0 Å². The van der Waals surface area contributed by atoms with Crippen LogP contribution in [0.5, 0.6) is 0 Å². The second kappa shape index (κ2) is 8.48. The van der Waals surface area contributed by atoms with E-state index in [2.05, 4.69) is 4.74 Å². The van der Waals surface area contributed by atoms with Gasteiger partial charge in [-0.15, -0.1) is 0 Å². The number of benzene rings is 1. The molecule has 0 aliphatic rings. The van der Waals surface area contributed by atoms with Gasteiger partial charge in [-0.25, -0.2) is 4.39 Å². The van der Waals surface area contributed by atoms with Crippen LogP contribution in [-0.4, -0.2) is 48.2 Å². The van der Waals surface area contributed by atoms with Gasteiger partial charge in [-0.05, 0) is 18.6 Å². The van der Waals surface area contributed by atoms with Crippen molar-refractivity contribution >= 4 is 11.9 Å². The highest BCUT2D eigenvalue weighted by Crippen LogP contribution is 2.16. The maximum atomic E-state index is 13.8. The first-order chi connectivity index (χ1) is 10.5. The van der Waals surface area contributed by atoms with Gasteiger partial charge < -0.3 is 14.7 Å². The van der Waals surface area contributed by atoms with Gasteiger partial charge in [0.15, 0.2) is 0 Å². The third-order valence-electron chi connectivity index (χ3n) is 3.56. The Hall–Kier alpha value is -1.95. The molecule has 2 atom stereocenters. The summed E-state index contributed by atoms with van der Waals surface area (Å²) in [6.07, 6.45) is 0.491. The summed E-state index contributed by atoms with van der Waals surface area (Å²) in [5.74, 6) is -2.20. The van der Waals surface area contributed by atoms with Crippen molar-refractivity contribution in [2.45, 2.75) is 26.3 Å². The predicted molar refractivity (Wildman–Crippen MR) is 79.8 cm³/mol. The van der Waals surface area contributed by atoms with E-state index >= 15 is 0 Å². The number of ether oxygens (including phenoxy) is 1. The summed E-state index contributed by atoms with van der Waals surface area (Å²) in [6.45, 7) is 3.23. The number of carbonyl (C=O) groups excluding carboxylic acids is 2. The lowest BCUT2D eigenvalue weighted by molar-refractivity contribution is -0.145. The van der Waals surface area contributed by atoms with E-state index in [1.54, 1.807) is 13.0 Å². The van der Waals surface area contributed by atoms with Gasteiger partial charge >= 0.3 is 5.97 Å². The van der Waals surface area contributed by atoms with Crippen LogP contribution in [0, 0.1) is 11.7 Å². The molecule has 0 saturated heterocycles. The molecular weight excluding hydrogens is 289 g/mol. The molecule has 0 aliphatic carbocycles. The van der Waals surface area contributed by atoms with Gasteiger partial charge in [0.1, 0.15) is 5.82 Å². The molecule has 1 N–H and O–H groups in total. The lowest BCUT2D eigenvalue weighted by atomic mass is 10.1. The minimum atomic E-state index is -0.629. The van der Waals surface area contributed by atoms with Crippen LogP contribution in [0.3, 0.4) is 0 Å². The third kappa shape index (κ3) is 4.27. The summed E-state index contributed by atoms with van der Waals surface area (Å²) in [4.78, 5) is 25.5. The van der Waals surface area contributed by atoms with Crippen molar-refractivity contribution in [1.29, 1.82) is 0 Å². The number of rotatable bonds is 7. The van der Waals surface area contributed by atoms with E-state index in [4.69, 9.17) is 0 Å². The van der Waals surface area contributed by atoms with Gasteiger partial charge in [-0.2, -0.15) is 0 Å². The second-order valence-electron chi connectivity index (χ2n) is 5.11. The minimum Gasteiger partial charge on any atom is -0.469 e. The van der Waals surface area contributed by atoms with Crippen LogP contribution in [0.1, 0.15) is 30.6 Å². The predicted octanol–water partition coefficient (Wildman–Crippen LogP) is 1.85. The molecule has 122 valence electrons. The molecule has 2 unspecified atom stereocenters. The van der Waals surface area contributed by atoms with Crippen molar-refractivity contribution in [2.24, 2.45) is 5.92 Å². The maximum Gasteiger partial charge on any atom is 0.310 e. The quantitative estimate of drug-likeness (QED) is 0.780. The molecule has 0 spiro atoms. The fraction of sp³-hybridized carbons (Fsp3) is 0.500. The molecule has 0 bridgehead atoms. The molecule has 0 aliphatic heterocycles. The van der Waals surface area contributed by atoms with E-state index < -0.39 is 29.7 Å². The van der Waals surface area contributed by atoms with Crippen LogP contribution in [0.15, 0.2) is 24.3 Å². The molecule has 0 heterocycles. The highest BCUT2D eigenvalue weighted by Gasteiger charge is 2.28. The lowest BCUT2D eigenvalue weighted by Crippen LogP contribution is -2.46. The van der Waals surface area contributed by atoms with E-state index in [1.807, 2.05) is 6.92 Å². The first kappa shape index (κ1) is 18.1. The average Bonchev–Trinajstić information content (AvgIpc) is 2.53. The molecule has 5 nitrogen and oxygen atoms in total. The normalized spacial score (nSPS) is 13.3. The molecule has 0 saturated carbocycles. The van der Waals surface area contributed by atoms with Crippen molar-refractivity contribution < 1.29 is 23.8 Å². The molecule has 1 amide bonds. The molecule has 0 fully saturated rings. The summed E-state index contributed by atoms with van der Waals surface area (Å²) in [6, 6.07) is 5.17. The molecule has 0 aromatic heterocycles. The zero-order valence-electron chi connectivity index (χ0n) is 13.1. The zero-order valence-corrected chi connectivity index (χ0v) is 13.1.